The van der Waals surface area contributed by atoms with Crippen LogP contribution in [-0.2, 0) is 0 Å². The maximum absolute atomic E-state index is 4.48. The molecule has 0 saturated carbocycles. The number of nitrogens with one attached hydrogen (secondary N) is 2. The molecule has 4 nitrogen and oxygen atoms in total. The van der Waals surface area contributed by atoms with Crippen LogP contribution < -0.4 is 10.6 Å². The van der Waals surface area contributed by atoms with Crippen molar-refractivity contribution < 1.29 is 0 Å². The quantitative estimate of drug-likeness (QED) is 0.586. The van der Waals surface area contributed by atoms with E-state index in [0.29, 0.717) is 12.0 Å². The average Bonchev–Trinajstić information content (AvgIpc) is 2.27. The van der Waals surface area contributed by atoms with Gasteiger partial charge in [0.15, 0.2) is 5.16 Å². The summed E-state index contributed by atoms with van der Waals surface area (Å²) in [5.74, 6) is 2.47. The summed E-state index contributed by atoms with van der Waals surface area (Å²) in [5, 5.41) is 7.47. The summed E-state index contributed by atoms with van der Waals surface area (Å²) in [6, 6.07) is 2.39. The first-order chi connectivity index (χ1) is 8.55. The summed E-state index contributed by atoms with van der Waals surface area (Å²) in [4.78, 5) is 8.89. The van der Waals surface area contributed by atoms with Crippen molar-refractivity contribution in [2.75, 3.05) is 23.4 Å². The van der Waals surface area contributed by atoms with Gasteiger partial charge in [-0.2, -0.15) is 0 Å². The molecule has 1 aromatic rings. The third kappa shape index (κ3) is 5.12. The highest BCUT2D eigenvalue weighted by molar-refractivity contribution is 7.98. The van der Waals surface area contributed by atoms with Crippen LogP contribution in [0.4, 0.5) is 11.6 Å². The molecule has 0 aliphatic rings. The third-order valence-corrected chi connectivity index (χ3v) is 3.01. The molecule has 0 aromatic carbocycles. The van der Waals surface area contributed by atoms with Gasteiger partial charge in [0.25, 0.3) is 0 Å². The molecule has 0 saturated heterocycles. The molecular formula is C13H24N4S. The molecule has 0 bridgehead atoms. The van der Waals surface area contributed by atoms with Crippen LogP contribution in [0.15, 0.2) is 11.2 Å². The van der Waals surface area contributed by atoms with Gasteiger partial charge in [-0.1, -0.05) is 25.6 Å². The minimum absolute atomic E-state index is 0.420. The van der Waals surface area contributed by atoms with E-state index < -0.39 is 0 Å². The lowest BCUT2D eigenvalue weighted by atomic mass is 10.1. The smallest absolute Gasteiger partial charge is 0.191 e. The fourth-order valence-corrected chi connectivity index (χ4v) is 2.26. The van der Waals surface area contributed by atoms with E-state index in [4.69, 9.17) is 0 Å². The van der Waals surface area contributed by atoms with Crippen molar-refractivity contribution in [2.24, 2.45) is 5.92 Å². The molecule has 1 heterocycles. The molecule has 102 valence electrons. The van der Waals surface area contributed by atoms with Crippen molar-refractivity contribution in [3.8, 4) is 0 Å². The minimum Gasteiger partial charge on any atom is -0.370 e. The lowest BCUT2D eigenvalue weighted by molar-refractivity contribution is 0.538. The fraction of sp³-hybridized carbons (Fsp3) is 0.692. The number of nitrogens with zero attached hydrogens (tertiary/aromatic N) is 2. The first-order valence-electron chi connectivity index (χ1n) is 6.48. The highest BCUT2D eigenvalue weighted by Gasteiger charge is 2.08. The van der Waals surface area contributed by atoms with E-state index in [1.807, 2.05) is 12.3 Å². The second-order valence-electron chi connectivity index (χ2n) is 4.83. The van der Waals surface area contributed by atoms with Crippen LogP contribution in [0.25, 0.3) is 0 Å². The van der Waals surface area contributed by atoms with Gasteiger partial charge in [0, 0.05) is 18.7 Å². The summed E-state index contributed by atoms with van der Waals surface area (Å²) in [6.45, 7) is 9.58. The average molecular weight is 268 g/mol. The van der Waals surface area contributed by atoms with E-state index in [2.05, 4.69) is 48.3 Å². The number of hydrogen-bond acceptors (Lipinski definition) is 5. The van der Waals surface area contributed by atoms with Crippen LogP contribution in [0.5, 0.6) is 0 Å². The third-order valence-electron chi connectivity index (χ3n) is 2.47. The normalized spacial score (nSPS) is 12.6. The molecule has 1 rings (SSSR count). The highest BCUT2D eigenvalue weighted by Crippen LogP contribution is 2.19. The Morgan fingerprint density at radius 1 is 1.22 bits per heavy atom. The minimum atomic E-state index is 0.420. The van der Waals surface area contributed by atoms with Crippen LogP contribution in [0.2, 0.25) is 0 Å². The van der Waals surface area contributed by atoms with Gasteiger partial charge in [-0.25, -0.2) is 9.97 Å². The molecule has 18 heavy (non-hydrogen) atoms. The second-order valence-corrected chi connectivity index (χ2v) is 5.60. The Morgan fingerprint density at radius 3 is 2.44 bits per heavy atom. The van der Waals surface area contributed by atoms with Gasteiger partial charge < -0.3 is 10.6 Å². The maximum Gasteiger partial charge on any atom is 0.191 e. The zero-order valence-electron chi connectivity index (χ0n) is 11.9. The number of rotatable bonds is 7. The summed E-state index contributed by atoms with van der Waals surface area (Å²) in [7, 11) is 0. The van der Waals surface area contributed by atoms with Crippen molar-refractivity contribution in [3.05, 3.63) is 6.07 Å². The van der Waals surface area contributed by atoms with Gasteiger partial charge in [0.2, 0.25) is 0 Å². The lowest BCUT2D eigenvalue weighted by Crippen LogP contribution is -2.18. The molecule has 1 aromatic heterocycles. The Hall–Kier alpha value is -0.970. The topological polar surface area (TPSA) is 49.8 Å². The molecule has 5 heteroatoms. The summed E-state index contributed by atoms with van der Waals surface area (Å²) in [5.41, 5.74) is 0. The first kappa shape index (κ1) is 15.1. The largest absolute Gasteiger partial charge is 0.370 e. The van der Waals surface area contributed by atoms with E-state index >= 15 is 0 Å². The number of hydrogen-bond donors (Lipinski definition) is 2. The molecular weight excluding hydrogens is 244 g/mol. The molecule has 0 aliphatic carbocycles. The van der Waals surface area contributed by atoms with Crippen LogP contribution in [0.1, 0.15) is 34.1 Å². The Morgan fingerprint density at radius 2 is 1.89 bits per heavy atom. The second kappa shape index (κ2) is 7.46. The molecule has 1 unspecified atom stereocenters. The zero-order chi connectivity index (χ0) is 13.5. The summed E-state index contributed by atoms with van der Waals surface area (Å²) >= 11 is 1.56. The van der Waals surface area contributed by atoms with E-state index in [-0.39, 0.29) is 0 Å². The molecule has 0 aliphatic heterocycles. The number of aromatic nitrogens is 2. The Labute approximate surface area is 114 Å². The van der Waals surface area contributed by atoms with Gasteiger partial charge in [-0.3, -0.25) is 0 Å². The molecule has 0 fully saturated rings. The predicted octanol–water partition coefficient (Wildman–Crippen LogP) is 3.48. The van der Waals surface area contributed by atoms with Gasteiger partial charge in [0.1, 0.15) is 11.6 Å². The van der Waals surface area contributed by atoms with Gasteiger partial charge >= 0.3 is 0 Å². The standard InChI is InChI=1S/C13H24N4S/c1-6-14-11-8-12(17-13(16-11)18-5)15-10(4)7-9(2)3/h8-10H,6-7H2,1-5H3,(H2,14,15,16,17). The van der Waals surface area contributed by atoms with Crippen molar-refractivity contribution in [1.82, 2.24) is 9.97 Å². The highest BCUT2D eigenvalue weighted by atomic mass is 32.2. The fourth-order valence-electron chi connectivity index (χ4n) is 1.88. The Bertz CT molecular complexity index is 368. The molecule has 0 amide bonds. The molecule has 2 N–H and O–H groups in total. The number of anilines is 2. The maximum atomic E-state index is 4.48. The Balaban J connectivity index is 2.77. The predicted molar refractivity (Wildman–Crippen MR) is 80.5 cm³/mol. The summed E-state index contributed by atoms with van der Waals surface area (Å²) < 4.78 is 0. The van der Waals surface area contributed by atoms with Crippen molar-refractivity contribution in [2.45, 2.75) is 45.3 Å². The van der Waals surface area contributed by atoms with E-state index in [0.717, 1.165) is 29.8 Å². The van der Waals surface area contributed by atoms with Crippen LogP contribution in [0.3, 0.4) is 0 Å². The molecule has 1 atom stereocenters. The monoisotopic (exact) mass is 268 g/mol. The van der Waals surface area contributed by atoms with Gasteiger partial charge in [-0.15, -0.1) is 0 Å². The van der Waals surface area contributed by atoms with Crippen molar-refractivity contribution in [3.63, 3.8) is 0 Å². The van der Waals surface area contributed by atoms with E-state index in [9.17, 15) is 0 Å². The zero-order valence-corrected chi connectivity index (χ0v) is 12.8. The van der Waals surface area contributed by atoms with Crippen molar-refractivity contribution in [1.29, 1.82) is 0 Å². The van der Waals surface area contributed by atoms with Crippen molar-refractivity contribution >= 4 is 23.4 Å². The Kier molecular flexibility index (Phi) is 6.25. The van der Waals surface area contributed by atoms with E-state index in [1.165, 1.54) is 0 Å². The lowest BCUT2D eigenvalue weighted by Gasteiger charge is -2.17. The molecule has 0 radical (unpaired) electrons. The number of thioether (sulfide) groups is 1. The van der Waals surface area contributed by atoms with Crippen LogP contribution in [-0.4, -0.2) is 28.8 Å². The van der Waals surface area contributed by atoms with Gasteiger partial charge in [-0.05, 0) is 32.4 Å². The summed E-state index contributed by atoms with van der Waals surface area (Å²) in [6.07, 6.45) is 3.13. The SMILES string of the molecule is CCNc1cc(NC(C)CC(C)C)nc(SC)n1. The van der Waals surface area contributed by atoms with Crippen LogP contribution in [0, 0.1) is 5.92 Å². The van der Waals surface area contributed by atoms with Gasteiger partial charge in [0.05, 0.1) is 0 Å². The molecule has 0 spiro atoms. The van der Waals surface area contributed by atoms with E-state index in [1.54, 1.807) is 11.8 Å². The first-order valence-corrected chi connectivity index (χ1v) is 7.71. The van der Waals surface area contributed by atoms with Crippen LogP contribution >= 0.6 is 11.8 Å².